The highest BCUT2D eigenvalue weighted by molar-refractivity contribution is 9.10. The first kappa shape index (κ1) is 13.5. The van der Waals surface area contributed by atoms with E-state index in [1.165, 1.54) is 0 Å². The Morgan fingerprint density at radius 1 is 1.50 bits per heavy atom. The lowest BCUT2D eigenvalue weighted by Crippen LogP contribution is -2.04. The summed E-state index contributed by atoms with van der Waals surface area (Å²) in [5.41, 5.74) is 1.37. The number of carbonyl (C=O) groups is 1. The number of benzene rings is 1. The Morgan fingerprint density at radius 2 is 2.22 bits per heavy atom. The number of esters is 1. The van der Waals surface area contributed by atoms with E-state index in [2.05, 4.69) is 20.9 Å². The monoisotopic (exact) mass is 345 g/mol. The van der Waals surface area contributed by atoms with Crippen molar-refractivity contribution in [3.8, 4) is 11.3 Å². The lowest BCUT2D eigenvalue weighted by Gasteiger charge is -2.04. The third kappa shape index (κ3) is 2.74. The fourth-order valence-electron chi connectivity index (χ4n) is 1.46. The van der Waals surface area contributed by atoms with Crippen LogP contribution in [0.3, 0.4) is 0 Å². The average molecular weight is 347 g/mol. The number of halogens is 2. The number of hydrogen-bond donors (Lipinski definition) is 0. The van der Waals surface area contributed by atoms with Gasteiger partial charge in [-0.1, -0.05) is 57.1 Å². The third-order valence-corrected chi connectivity index (χ3v) is 4.02. The van der Waals surface area contributed by atoms with E-state index < -0.39 is 5.97 Å². The first-order chi connectivity index (χ1) is 8.63. The quantitative estimate of drug-likeness (QED) is 0.773. The number of hydrogen-bond acceptors (Lipinski definition) is 4. The van der Waals surface area contributed by atoms with Crippen molar-refractivity contribution in [3.63, 3.8) is 0 Å². The SMILES string of the molecule is CCOC(=O)c1sc(Cl)nc1-c1ccccc1Br. The Morgan fingerprint density at radius 3 is 2.89 bits per heavy atom. The highest BCUT2D eigenvalue weighted by Crippen LogP contribution is 2.35. The topological polar surface area (TPSA) is 39.2 Å². The van der Waals surface area contributed by atoms with Crippen molar-refractivity contribution in [2.75, 3.05) is 6.61 Å². The molecule has 2 rings (SSSR count). The van der Waals surface area contributed by atoms with Crippen LogP contribution in [0.4, 0.5) is 0 Å². The summed E-state index contributed by atoms with van der Waals surface area (Å²) in [7, 11) is 0. The van der Waals surface area contributed by atoms with Gasteiger partial charge in [-0.3, -0.25) is 0 Å². The number of aromatic nitrogens is 1. The minimum Gasteiger partial charge on any atom is -0.462 e. The zero-order valence-corrected chi connectivity index (χ0v) is 12.6. The molecule has 0 spiro atoms. The molecule has 0 bridgehead atoms. The molecule has 18 heavy (non-hydrogen) atoms. The van der Waals surface area contributed by atoms with Gasteiger partial charge in [-0.05, 0) is 13.0 Å². The number of nitrogens with zero attached hydrogens (tertiary/aromatic N) is 1. The average Bonchev–Trinajstić information content (AvgIpc) is 2.72. The standard InChI is InChI=1S/C12H9BrClNO2S/c1-2-17-11(16)10-9(15-12(14)18-10)7-5-3-4-6-8(7)13/h3-6H,2H2,1H3. The van der Waals surface area contributed by atoms with Crippen LogP contribution in [0.25, 0.3) is 11.3 Å². The molecule has 0 radical (unpaired) electrons. The molecular formula is C12H9BrClNO2S. The lowest BCUT2D eigenvalue weighted by molar-refractivity contribution is 0.0532. The van der Waals surface area contributed by atoms with Gasteiger partial charge in [-0.25, -0.2) is 9.78 Å². The first-order valence-corrected chi connectivity index (χ1v) is 7.20. The molecule has 6 heteroatoms. The van der Waals surface area contributed by atoms with E-state index in [-0.39, 0.29) is 0 Å². The van der Waals surface area contributed by atoms with Crippen LogP contribution in [0.2, 0.25) is 4.47 Å². The molecule has 0 saturated carbocycles. The summed E-state index contributed by atoms with van der Waals surface area (Å²) in [4.78, 5) is 16.5. The maximum absolute atomic E-state index is 11.8. The van der Waals surface area contributed by atoms with Gasteiger partial charge in [0.15, 0.2) is 4.47 Å². The molecule has 0 fully saturated rings. The van der Waals surface area contributed by atoms with E-state index in [1.807, 2.05) is 24.3 Å². The molecule has 0 saturated heterocycles. The zero-order chi connectivity index (χ0) is 13.1. The molecule has 1 aromatic heterocycles. The molecular weight excluding hydrogens is 338 g/mol. The van der Waals surface area contributed by atoms with Gasteiger partial charge in [-0.15, -0.1) is 0 Å². The van der Waals surface area contributed by atoms with Gasteiger partial charge in [0.05, 0.1) is 12.3 Å². The molecule has 1 aromatic carbocycles. The first-order valence-electron chi connectivity index (χ1n) is 5.21. The smallest absolute Gasteiger partial charge is 0.350 e. The van der Waals surface area contributed by atoms with Gasteiger partial charge in [0, 0.05) is 10.0 Å². The fourth-order valence-corrected chi connectivity index (χ4v) is 2.95. The van der Waals surface area contributed by atoms with Gasteiger partial charge in [0.1, 0.15) is 4.88 Å². The predicted octanol–water partition coefficient (Wildman–Crippen LogP) is 4.40. The van der Waals surface area contributed by atoms with Crippen molar-refractivity contribution in [2.45, 2.75) is 6.92 Å². The van der Waals surface area contributed by atoms with E-state index >= 15 is 0 Å². The Bertz CT molecular complexity index is 585. The second-order valence-electron chi connectivity index (χ2n) is 3.34. The molecule has 0 aliphatic heterocycles. The van der Waals surface area contributed by atoms with Crippen molar-refractivity contribution in [1.82, 2.24) is 4.98 Å². The number of ether oxygens (including phenoxy) is 1. The number of thiazole rings is 1. The van der Waals surface area contributed by atoms with Crippen LogP contribution in [0, 0.1) is 0 Å². The van der Waals surface area contributed by atoms with Crippen molar-refractivity contribution in [2.24, 2.45) is 0 Å². The van der Waals surface area contributed by atoms with Crippen molar-refractivity contribution < 1.29 is 9.53 Å². The lowest BCUT2D eigenvalue weighted by atomic mass is 10.1. The van der Waals surface area contributed by atoms with Gasteiger partial charge >= 0.3 is 5.97 Å². The molecule has 0 atom stereocenters. The number of carbonyl (C=O) groups excluding carboxylic acids is 1. The minimum absolute atomic E-state index is 0.323. The molecule has 94 valence electrons. The Hall–Kier alpha value is -0.910. The highest BCUT2D eigenvalue weighted by atomic mass is 79.9. The molecule has 0 aliphatic carbocycles. The van der Waals surface area contributed by atoms with E-state index in [9.17, 15) is 4.79 Å². The summed E-state index contributed by atoms with van der Waals surface area (Å²) >= 11 is 10.5. The largest absolute Gasteiger partial charge is 0.462 e. The number of rotatable bonds is 3. The molecule has 0 amide bonds. The molecule has 1 heterocycles. The van der Waals surface area contributed by atoms with E-state index in [4.69, 9.17) is 16.3 Å². The Labute approximate surface area is 122 Å². The molecule has 2 aromatic rings. The summed E-state index contributed by atoms with van der Waals surface area (Å²) in [6, 6.07) is 7.53. The Balaban J connectivity index is 2.51. The van der Waals surface area contributed by atoms with Crippen LogP contribution in [0.1, 0.15) is 16.6 Å². The molecule has 0 aliphatic rings. The fraction of sp³-hybridized carbons (Fsp3) is 0.167. The normalized spacial score (nSPS) is 10.4. The minimum atomic E-state index is -0.396. The maximum atomic E-state index is 11.8. The molecule has 3 nitrogen and oxygen atoms in total. The van der Waals surface area contributed by atoms with Gasteiger partial charge in [-0.2, -0.15) is 0 Å². The van der Waals surface area contributed by atoms with Crippen LogP contribution in [0.15, 0.2) is 28.7 Å². The second-order valence-corrected chi connectivity index (χ2v) is 5.78. The van der Waals surface area contributed by atoms with E-state index in [1.54, 1.807) is 6.92 Å². The van der Waals surface area contributed by atoms with Crippen LogP contribution >= 0.6 is 38.9 Å². The van der Waals surface area contributed by atoms with Crippen LogP contribution < -0.4 is 0 Å². The van der Waals surface area contributed by atoms with Gasteiger partial charge in [0.25, 0.3) is 0 Å². The van der Waals surface area contributed by atoms with Gasteiger partial charge < -0.3 is 4.74 Å². The van der Waals surface area contributed by atoms with Crippen molar-refractivity contribution in [3.05, 3.63) is 38.1 Å². The Kier molecular flexibility index (Phi) is 4.37. The zero-order valence-electron chi connectivity index (χ0n) is 9.44. The summed E-state index contributed by atoms with van der Waals surface area (Å²) in [6.45, 7) is 2.09. The van der Waals surface area contributed by atoms with E-state index in [0.29, 0.717) is 21.6 Å². The second kappa shape index (κ2) is 5.82. The van der Waals surface area contributed by atoms with Crippen LogP contribution in [-0.2, 0) is 4.74 Å². The van der Waals surface area contributed by atoms with Crippen molar-refractivity contribution >= 4 is 44.8 Å². The summed E-state index contributed by atoms with van der Waals surface area (Å²) in [5.74, 6) is -0.396. The predicted molar refractivity (Wildman–Crippen MR) is 76.2 cm³/mol. The van der Waals surface area contributed by atoms with Crippen molar-refractivity contribution in [1.29, 1.82) is 0 Å². The van der Waals surface area contributed by atoms with Crippen LogP contribution in [-0.4, -0.2) is 17.6 Å². The highest BCUT2D eigenvalue weighted by Gasteiger charge is 2.21. The van der Waals surface area contributed by atoms with Gasteiger partial charge in [0.2, 0.25) is 0 Å². The molecule has 0 unspecified atom stereocenters. The summed E-state index contributed by atoms with van der Waals surface area (Å²) in [6.07, 6.45) is 0. The maximum Gasteiger partial charge on any atom is 0.350 e. The van der Waals surface area contributed by atoms with Crippen LogP contribution in [0.5, 0.6) is 0 Å². The molecule has 0 N–H and O–H groups in total. The summed E-state index contributed by atoms with van der Waals surface area (Å²) < 4.78 is 6.18. The van der Waals surface area contributed by atoms with E-state index in [0.717, 1.165) is 21.4 Å². The third-order valence-electron chi connectivity index (χ3n) is 2.19. The summed E-state index contributed by atoms with van der Waals surface area (Å²) in [5, 5.41) is 0.